The Morgan fingerprint density at radius 3 is 2.33 bits per heavy atom. The number of hydrazone groups is 1. The van der Waals surface area contributed by atoms with Crippen molar-refractivity contribution in [2.75, 3.05) is 28.4 Å². The number of hydrogen-bond acceptors (Lipinski definition) is 6. The van der Waals surface area contributed by atoms with Gasteiger partial charge >= 0.3 is 0 Å². The topological polar surface area (TPSA) is 94.2 Å². The average Bonchev–Trinajstić information content (AvgIpc) is 3.06. The van der Waals surface area contributed by atoms with Gasteiger partial charge in [0.1, 0.15) is 5.75 Å². The molecule has 0 spiro atoms. The van der Waals surface area contributed by atoms with Gasteiger partial charge in [0.05, 0.1) is 41.1 Å². The minimum atomic E-state index is -0.231. The van der Waals surface area contributed by atoms with E-state index in [9.17, 15) is 4.79 Å². The summed E-state index contributed by atoms with van der Waals surface area (Å²) in [5.74, 6) is 2.02. The average molecular weight is 411 g/mol. The number of aryl methyl sites for hydroxylation is 1. The quantitative estimate of drug-likeness (QED) is 0.439. The second kappa shape index (κ2) is 9.21. The van der Waals surface area contributed by atoms with Gasteiger partial charge in [0.2, 0.25) is 11.7 Å². The van der Waals surface area contributed by atoms with Gasteiger partial charge in [-0.2, -0.15) is 5.10 Å². The lowest BCUT2D eigenvalue weighted by molar-refractivity contribution is -0.120. The number of benzene rings is 2. The largest absolute Gasteiger partial charge is 0.497 e. The molecule has 8 heteroatoms. The first-order valence-electron chi connectivity index (χ1n) is 9.27. The van der Waals surface area contributed by atoms with Crippen molar-refractivity contribution in [1.29, 1.82) is 0 Å². The number of nitrogens with one attached hydrogen (secondary N) is 2. The molecule has 1 heterocycles. The van der Waals surface area contributed by atoms with Gasteiger partial charge in [0, 0.05) is 22.2 Å². The van der Waals surface area contributed by atoms with Crippen molar-refractivity contribution < 1.29 is 23.7 Å². The molecule has 1 aromatic heterocycles. The molecule has 0 aliphatic heterocycles. The molecule has 158 valence electrons. The first-order valence-corrected chi connectivity index (χ1v) is 9.27. The van der Waals surface area contributed by atoms with Crippen molar-refractivity contribution in [2.24, 2.45) is 5.10 Å². The van der Waals surface area contributed by atoms with Gasteiger partial charge in [-0.3, -0.25) is 4.79 Å². The molecular weight excluding hydrogens is 386 g/mol. The Hall–Kier alpha value is -3.68. The zero-order chi connectivity index (χ0) is 21.7. The minimum absolute atomic E-state index is 0.186. The summed E-state index contributed by atoms with van der Waals surface area (Å²) in [6.45, 7) is 1.94. The number of carbonyl (C=O) groups is 1. The van der Waals surface area contributed by atoms with E-state index in [1.165, 1.54) is 13.3 Å². The molecule has 0 atom stereocenters. The molecule has 8 nitrogen and oxygen atoms in total. The highest BCUT2D eigenvalue weighted by atomic mass is 16.5. The molecular formula is C22H25N3O5. The lowest BCUT2D eigenvalue weighted by atomic mass is 10.1. The lowest BCUT2D eigenvalue weighted by Gasteiger charge is -2.12. The molecule has 0 aliphatic rings. The number of ether oxygens (including phenoxy) is 4. The Balaban J connectivity index is 1.74. The van der Waals surface area contributed by atoms with Crippen LogP contribution in [-0.4, -0.2) is 45.5 Å². The first-order chi connectivity index (χ1) is 14.5. The Labute approximate surface area is 174 Å². The van der Waals surface area contributed by atoms with Crippen LogP contribution < -0.4 is 24.4 Å². The fourth-order valence-corrected chi connectivity index (χ4v) is 3.27. The van der Waals surface area contributed by atoms with E-state index in [4.69, 9.17) is 18.9 Å². The standard InChI is InChI=1S/C22H25N3O5/c1-13-16(17-10-15(27-2)6-7-18(17)24-13)11-21(26)25-23-12-14-8-19(28-3)22(30-5)20(9-14)29-4/h6-10,12,24H,11H2,1-5H3,(H,25,26)/b23-12+. The summed E-state index contributed by atoms with van der Waals surface area (Å²) in [6.07, 6.45) is 1.71. The van der Waals surface area contributed by atoms with Crippen LogP contribution in [0.2, 0.25) is 0 Å². The summed E-state index contributed by atoms with van der Waals surface area (Å²) in [7, 11) is 6.23. The van der Waals surface area contributed by atoms with Crippen LogP contribution in [-0.2, 0) is 11.2 Å². The summed E-state index contributed by atoms with van der Waals surface area (Å²) in [5, 5.41) is 5.01. The van der Waals surface area contributed by atoms with E-state index in [-0.39, 0.29) is 12.3 Å². The third kappa shape index (κ3) is 4.32. The molecule has 0 bridgehead atoms. The number of H-pyrrole nitrogens is 1. The van der Waals surface area contributed by atoms with Crippen LogP contribution in [0.4, 0.5) is 0 Å². The summed E-state index contributed by atoms with van der Waals surface area (Å²) >= 11 is 0. The second-order valence-corrected chi connectivity index (χ2v) is 6.57. The Kier molecular flexibility index (Phi) is 6.46. The molecule has 0 radical (unpaired) electrons. The Morgan fingerprint density at radius 2 is 1.73 bits per heavy atom. The maximum Gasteiger partial charge on any atom is 0.244 e. The minimum Gasteiger partial charge on any atom is -0.497 e. The Bertz CT molecular complexity index is 1060. The second-order valence-electron chi connectivity index (χ2n) is 6.57. The van der Waals surface area contributed by atoms with E-state index in [1.807, 2.05) is 25.1 Å². The number of methoxy groups -OCH3 is 4. The molecule has 3 aromatic rings. The van der Waals surface area contributed by atoms with E-state index in [2.05, 4.69) is 15.5 Å². The maximum absolute atomic E-state index is 12.5. The number of aromatic nitrogens is 1. The molecule has 0 saturated heterocycles. The third-order valence-corrected chi connectivity index (χ3v) is 4.75. The van der Waals surface area contributed by atoms with Gasteiger partial charge in [-0.1, -0.05) is 0 Å². The van der Waals surface area contributed by atoms with Crippen LogP contribution in [0.1, 0.15) is 16.8 Å². The number of rotatable bonds is 8. The van der Waals surface area contributed by atoms with Crippen LogP contribution in [0, 0.1) is 6.92 Å². The normalized spacial score (nSPS) is 11.0. The molecule has 0 saturated carbocycles. The molecule has 30 heavy (non-hydrogen) atoms. The monoisotopic (exact) mass is 411 g/mol. The zero-order valence-corrected chi connectivity index (χ0v) is 17.7. The number of amides is 1. The van der Waals surface area contributed by atoms with Crippen molar-refractivity contribution in [3.63, 3.8) is 0 Å². The molecule has 0 fully saturated rings. The van der Waals surface area contributed by atoms with Gasteiger partial charge in [-0.05, 0) is 42.8 Å². The highest BCUT2D eigenvalue weighted by molar-refractivity contribution is 5.91. The smallest absolute Gasteiger partial charge is 0.244 e. The number of fused-ring (bicyclic) bond motifs is 1. The van der Waals surface area contributed by atoms with E-state index in [0.717, 1.165) is 27.9 Å². The maximum atomic E-state index is 12.5. The highest BCUT2D eigenvalue weighted by Crippen LogP contribution is 2.37. The van der Waals surface area contributed by atoms with Gasteiger partial charge in [0.15, 0.2) is 11.5 Å². The van der Waals surface area contributed by atoms with Crippen molar-refractivity contribution >= 4 is 23.0 Å². The van der Waals surface area contributed by atoms with E-state index >= 15 is 0 Å². The summed E-state index contributed by atoms with van der Waals surface area (Å²) in [5.41, 5.74) is 6.05. The van der Waals surface area contributed by atoms with E-state index in [1.54, 1.807) is 33.5 Å². The molecule has 3 rings (SSSR count). The van der Waals surface area contributed by atoms with Crippen LogP contribution >= 0.6 is 0 Å². The van der Waals surface area contributed by atoms with Crippen molar-refractivity contribution in [2.45, 2.75) is 13.3 Å². The Morgan fingerprint density at radius 1 is 1.03 bits per heavy atom. The van der Waals surface area contributed by atoms with Gasteiger partial charge in [0.25, 0.3) is 0 Å². The van der Waals surface area contributed by atoms with Gasteiger partial charge in [-0.15, -0.1) is 0 Å². The van der Waals surface area contributed by atoms with Crippen molar-refractivity contribution in [1.82, 2.24) is 10.4 Å². The number of nitrogens with zero attached hydrogens (tertiary/aromatic N) is 1. The van der Waals surface area contributed by atoms with Gasteiger partial charge < -0.3 is 23.9 Å². The SMILES string of the molecule is COc1ccc2[nH]c(C)c(CC(=O)N/N=C/c3cc(OC)c(OC)c(OC)c3)c2c1. The van der Waals surface area contributed by atoms with Crippen molar-refractivity contribution in [3.8, 4) is 23.0 Å². The molecule has 1 amide bonds. The molecule has 2 aromatic carbocycles. The predicted octanol–water partition coefficient (Wildman–Crippen LogP) is 3.20. The van der Waals surface area contributed by atoms with Crippen LogP contribution in [0.25, 0.3) is 10.9 Å². The predicted molar refractivity (Wildman–Crippen MR) is 115 cm³/mol. The highest BCUT2D eigenvalue weighted by Gasteiger charge is 2.14. The first kappa shape index (κ1) is 21.0. The summed E-state index contributed by atoms with van der Waals surface area (Å²) in [4.78, 5) is 15.7. The summed E-state index contributed by atoms with van der Waals surface area (Å²) < 4.78 is 21.2. The fourth-order valence-electron chi connectivity index (χ4n) is 3.27. The van der Waals surface area contributed by atoms with Gasteiger partial charge in [-0.25, -0.2) is 5.43 Å². The summed E-state index contributed by atoms with van der Waals surface area (Å²) in [6, 6.07) is 9.22. The van der Waals surface area contributed by atoms with Crippen LogP contribution in [0.3, 0.4) is 0 Å². The number of hydrogen-bond donors (Lipinski definition) is 2. The lowest BCUT2D eigenvalue weighted by Crippen LogP contribution is -2.20. The molecule has 0 unspecified atom stereocenters. The molecule has 2 N–H and O–H groups in total. The van der Waals surface area contributed by atoms with Crippen LogP contribution in [0.15, 0.2) is 35.4 Å². The zero-order valence-electron chi connectivity index (χ0n) is 17.7. The third-order valence-electron chi connectivity index (χ3n) is 4.75. The molecule has 0 aliphatic carbocycles. The van der Waals surface area contributed by atoms with E-state index in [0.29, 0.717) is 22.8 Å². The fraction of sp³-hybridized carbons (Fsp3) is 0.273. The number of carbonyl (C=O) groups excluding carboxylic acids is 1. The number of aromatic amines is 1. The van der Waals surface area contributed by atoms with Crippen LogP contribution in [0.5, 0.6) is 23.0 Å². The van der Waals surface area contributed by atoms with E-state index < -0.39 is 0 Å². The van der Waals surface area contributed by atoms with Crippen molar-refractivity contribution in [3.05, 3.63) is 47.2 Å².